The first-order valence-corrected chi connectivity index (χ1v) is 7.50. The number of carboxylic acids is 1. The summed E-state index contributed by atoms with van der Waals surface area (Å²) in [5, 5.41) is 17.2. The molecule has 7 heteroatoms. The fourth-order valence-electron chi connectivity index (χ4n) is 1.72. The number of sulfonamides is 1. The number of rotatable bonds is 6. The van der Waals surface area contributed by atoms with Crippen LogP contribution < -0.4 is 10.5 Å². The number of carbonyl (C=O) groups is 1. The molecule has 19 heavy (non-hydrogen) atoms. The van der Waals surface area contributed by atoms with Crippen molar-refractivity contribution in [1.82, 2.24) is 0 Å². The van der Waals surface area contributed by atoms with E-state index in [9.17, 15) is 13.2 Å². The summed E-state index contributed by atoms with van der Waals surface area (Å²) in [5.74, 6) is -1.20. The smallest absolute Gasteiger partial charge is 0.337 e. The molecule has 1 rings (SSSR count). The highest BCUT2D eigenvalue weighted by molar-refractivity contribution is 7.89. The predicted molar refractivity (Wildman–Crippen MR) is 72.8 cm³/mol. The molecule has 0 saturated carbocycles. The minimum absolute atomic E-state index is 0.0987. The number of carboxylic acid groups (broad SMARTS) is 1. The second-order valence-electron chi connectivity index (χ2n) is 4.22. The van der Waals surface area contributed by atoms with Gasteiger partial charge < -0.3 is 10.4 Å². The molecule has 0 atom stereocenters. The third-order valence-corrected chi connectivity index (χ3v) is 3.81. The fourth-order valence-corrected chi connectivity index (χ4v) is 2.26. The third kappa shape index (κ3) is 3.93. The number of hydrogen-bond acceptors (Lipinski definition) is 4. The Balaban J connectivity index is 3.23. The molecule has 0 spiro atoms. The molecule has 0 radical (unpaired) electrons. The van der Waals surface area contributed by atoms with Crippen molar-refractivity contribution in [2.24, 2.45) is 5.14 Å². The highest BCUT2D eigenvalue weighted by atomic mass is 32.2. The lowest BCUT2D eigenvalue weighted by Crippen LogP contribution is -2.20. The topological polar surface area (TPSA) is 109 Å². The molecule has 0 aromatic heterocycles. The molecule has 0 fully saturated rings. The maximum atomic E-state index is 11.2. The van der Waals surface area contributed by atoms with Crippen molar-refractivity contribution in [1.29, 1.82) is 0 Å². The summed E-state index contributed by atoms with van der Waals surface area (Å²) >= 11 is 0. The summed E-state index contributed by atoms with van der Waals surface area (Å²) in [6.45, 7) is 3.97. The normalized spacial score (nSPS) is 11.6. The Hall–Kier alpha value is -1.60. The lowest BCUT2D eigenvalue weighted by molar-refractivity contribution is 0.0697. The Kier molecular flexibility index (Phi) is 4.90. The quantitative estimate of drug-likeness (QED) is 0.736. The second-order valence-corrected chi connectivity index (χ2v) is 5.78. The Morgan fingerprint density at radius 3 is 2.37 bits per heavy atom. The maximum absolute atomic E-state index is 11.2. The molecule has 0 heterocycles. The SMILES string of the molecule is CCC(CC)Nc1ccc(S(N)(=O)=O)cc1C(=O)O. The van der Waals surface area contributed by atoms with Gasteiger partial charge in [-0.2, -0.15) is 0 Å². The van der Waals surface area contributed by atoms with Crippen molar-refractivity contribution in [3.8, 4) is 0 Å². The van der Waals surface area contributed by atoms with Crippen molar-refractivity contribution >= 4 is 21.7 Å². The van der Waals surface area contributed by atoms with E-state index >= 15 is 0 Å². The van der Waals surface area contributed by atoms with E-state index < -0.39 is 16.0 Å². The van der Waals surface area contributed by atoms with Crippen LogP contribution in [-0.4, -0.2) is 25.5 Å². The summed E-state index contributed by atoms with van der Waals surface area (Å²) in [7, 11) is -3.91. The first kappa shape index (κ1) is 15.5. The molecule has 0 aliphatic heterocycles. The van der Waals surface area contributed by atoms with Crippen LogP contribution in [0.1, 0.15) is 37.0 Å². The first-order valence-electron chi connectivity index (χ1n) is 5.96. The second kappa shape index (κ2) is 6.03. The number of aromatic carboxylic acids is 1. The van der Waals surface area contributed by atoms with Crippen LogP contribution >= 0.6 is 0 Å². The molecule has 106 valence electrons. The van der Waals surface area contributed by atoms with Crippen LogP contribution in [0.25, 0.3) is 0 Å². The average molecular weight is 286 g/mol. The van der Waals surface area contributed by atoms with Gasteiger partial charge in [-0.15, -0.1) is 0 Å². The minimum atomic E-state index is -3.91. The lowest BCUT2D eigenvalue weighted by Gasteiger charge is -2.18. The van der Waals surface area contributed by atoms with Gasteiger partial charge in [0, 0.05) is 11.7 Å². The standard InChI is InChI=1S/C12H18N2O4S/c1-3-8(4-2)14-11-6-5-9(19(13,17)18)7-10(11)12(15)16/h5-8,14H,3-4H2,1-2H3,(H,15,16)(H2,13,17,18). The monoisotopic (exact) mass is 286 g/mol. The van der Waals surface area contributed by atoms with Crippen LogP contribution in [0.15, 0.2) is 23.1 Å². The molecule has 0 amide bonds. The molecule has 4 N–H and O–H groups in total. The van der Waals surface area contributed by atoms with Gasteiger partial charge >= 0.3 is 5.97 Å². The summed E-state index contributed by atoms with van der Waals surface area (Å²) in [5.41, 5.74) is 0.298. The van der Waals surface area contributed by atoms with Crippen molar-refractivity contribution < 1.29 is 18.3 Å². The maximum Gasteiger partial charge on any atom is 0.337 e. The zero-order chi connectivity index (χ0) is 14.6. The van der Waals surface area contributed by atoms with Crippen LogP contribution in [0.5, 0.6) is 0 Å². The predicted octanol–water partition coefficient (Wildman–Crippen LogP) is 1.63. The zero-order valence-electron chi connectivity index (χ0n) is 10.9. The number of nitrogens with one attached hydrogen (secondary N) is 1. The van der Waals surface area contributed by atoms with E-state index in [2.05, 4.69) is 5.32 Å². The van der Waals surface area contributed by atoms with E-state index in [0.717, 1.165) is 18.9 Å². The fraction of sp³-hybridized carbons (Fsp3) is 0.417. The molecular formula is C12H18N2O4S. The molecule has 0 bridgehead atoms. The van der Waals surface area contributed by atoms with Crippen molar-refractivity contribution in [3.05, 3.63) is 23.8 Å². The average Bonchev–Trinajstić information content (AvgIpc) is 2.34. The van der Waals surface area contributed by atoms with Gasteiger partial charge in [0.1, 0.15) is 0 Å². The van der Waals surface area contributed by atoms with Crippen LogP contribution in [0.4, 0.5) is 5.69 Å². The first-order chi connectivity index (χ1) is 8.79. The number of nitrogens with two attached hydrogens (primary N) is 1. The Labute approximate surface area is 112 Å². The van der Waals surface area contributed by atoms with E-state index in [1.165, 1.54) is 12.1 Å². The molecule has 0 unspecified atom stereocenters. The van der Waals surface area contributed by atoms with Crippen LogP contribution in [0.3, 0.4) is 0 Å². The Morgan fingerprint density at radius 1 is 1.37 bits per heavy atom. The summed E-state index contributed by atoms with van der Waals surface area (Å²) < 4.78 is 22.4. The minimum Gasteiger partial charge on any atom is -0.478 e. The number of primary sulfonamides is 1. The van der Waals surface area contributed by atoms with E-state index in [1.54, 1.807) is 0 Å². The van der Waals surface area contributed by atoms with E-state index in [-0.39, 0.29) is 16.5 Å². The molecule has 1 aromatic rings. The van der Waals surface area contributed by atoms with Gasteiger partial charge in [0.15, 0.2) is 0 Å². The van der Waals surface area contributed by atoms with E-state index in [1.807, 2.05) is 13.8 Å². The number of hydrogen-bond donors (Lipinski definition) is 3. The summed E-state index contributed by atoms with van der Waals surface area (Å²) in [6.07, 6.45) is 1.68. The van der Waals surface area contributed by atoms with Crippen molar-refractivity contribution in [2.75, 3.05) is 5.32 Å². The summed E-state index contributed by atoms with van der Waals surface area (Å²) in [4.78, 5) is 11.0. The molecular weight excluding hydrogens is 268 g/mol. The number of anilines is 1. The van der Waals surface area contributed by atoms with Crippen molar-refractivity contribution in [3.63, 3.8) is 0 Å². The van der Waals surface area contributed by atoms with Crippen LogP contribution in [0.2, 0.25) is 0 Å². The molecule has 0 aliphatic rings. The molecule has 0 aliphatic carbocycles. The third-order valence-electron chi connectivity index (χ3n) is 2.90. The highest BCUT2D eigenvalue weighted by Crippen LogP contribution is 2.22. The number of benzene rings is 1. The Morgan fingerprint density at radius 2 is 1.95 bits per heavy atom. The van der Waals surface area contributed by atoms with E-state index in [4.69, 9.17) is 10.2 Å². The van der Waals surface area contributed by atoms with Gasteiger partial charge in [0.2, 0.25) is 10.0 Å². The van der Waals surface area contributed by atoms with Gasteiger partial charge in [0.05, 0.1) is 10.5 Å². The lowest BCUT2D eigenvalue weighted by atomic mass is 10.1. The molecule has 1 aromatic carbocycles. The van der Waals surface area contributed by atoms with Gasteiger partial charge in [-0.25, -0.2) is 18.4 Å². The largest absolute Gasteiger partial charge is 0.478 e. The van der Waals surface area contributed by atoms with Gasteiger partial charge in [0.25, 0.3) is 0 Å². The van der Waals surface area contributed by atoms with Crippen LogP contribution in [0, 0.1) is 0 Å². The van der Waals surface area contributed by atoms with E-state index in [0.29, 0.717) is 5.69 Å². The summed E-state index contributed by atoms with van der Waals surface area (Å²) in [6, 6.07) is 3.94. The van der Waals surface area contributed by atoms with Crippen LogP contribution in [-0.2, 0) is 10.0 Å². The van der Waals surface area contributed by atoms with Gasteiger partial charge in [-0.3, -0.25) is 0 Å². The zero-order valence-corrected chi connectivity index (χ0v) is 11.7. The molecule has 6 nitrogen and oxygen atoms in total. The van der Waals surface area contributed by atoms with Gasteiger partial charge in [-0.1, -0.05) is 13.8 Å². The highest BCUT2D eigenvalue weighted by Gasteiger charge is 2.17. The molecule has 0 saturated heterocycles. The van der Waals surface area contributed by atoms with Gasteiger partial charge in [-0.05, 0) is 31.0 Å². The van der Waals surface area contributed by atoms with Crippen molar-refractivity contribution in [2.45, 2.75) is 37.6 Å². The Bertz CT molecular complexity index is 565.